The van der Waals surface area contributed by atoms with Crippen LogP contribution in [0.25, 0.3) is 0 Å². The molecular formula is C6H7F2. The van der Waals surface area contributed by atoms with Gasteiger partial charge in [0.15, 0.2) is 0 Å². The van der Waals surface area contributed by atoms with Crippen LogP contribution in [0.2, 0.25) is 0 Å². The van der Waals surface area contributed by atoms with E-state index in [-0.39, 0.29) is 0 Å². The first-order valence-electron chi connectivity index (χ1n) is 2.32. The lowest BCUT2D eigenvalue weighted by atomic mass is 10.3. The second kappa shape index (κ2) is 4.50. The van der Waals surface area contributed by atoms with Gasteiger partial charge in [0.2, 0.25) is 0 Å². The summed E-state index contributed by atoms with van der Waals surface area (Å²) in [5.41, 5.74) is 0. The number of halogens is 2. The van der Waals surface area contributed by atoms with Gasteiger partial charge in [0, 0.05) is 0 Å². The summed E-state index contributed by atoms with van der Waals surface area (Å²) < 4.78 is 22.3. The van der Waals surface area contributed by atoms with Crippen LogP contribution in [0.5, 0.6) is 0 Å². The van der Waals surface area contributed by atoms with E-state index in [4.69, 9.17) is 6.58 Å². The second-order valence-corrected chi connectivity index (χ2v) is 1.31. The third-order valence-electron chi connectivity index (χ3n) is 0.632. The summed E-state index contributed by atoms with van der Waals surface area (Å²) in [6, 6.07) is 0. The Morgan fingerprint density at radius 1 is 1.38 bits per heavy atom. The van der Waals surface area contributed by atoms with E-state index in [9.17, 15) is 8.78 Å². The number of unbranched alkanes of at least 4 members (excludes halogenated alkanes) is 1. The van der Waals surface area contributed by atoms with Crippen LogP contribution in [0.4, 0.5) is 8.78 Å². The van der Waals surface area contributed by atoms with Crippen molar-refractivity contribution in [2.45, 2.75) is 12.8 Å². The van der Waals surface area contributed by atoms with E-state index in [2.05, 4.69) is 0 Å². The molecule has 0 nitrogen and oxygen atoms in total. The van der Waals surface area contributed by atoms with E-state index >= 15 is 0 Å². The minimum absolute atomic E-state index is 0.332. The van der Waals surface area contributed by atoms with Crippen molar-refractivity contribution in [1.82, 2.24) is 0 Å². The van der Waals surface area contributed by atoms with Crippen LogP contribution in [-0.2, 0) is 0 Å². The largest absolute Gasteiger partial charge is 0.266 e. The first kappa shape index (κ1) is 7.34. The summed E-state index contributed by atoms with van der Waals surface area (Å²) >= 11 is 0. The Labute approximate surface area is 47.5 Å². The molecule has 0 bridgehead atoms. The van der Waals surface area contributed by atoms with Gasteiger partial charge >= 0.3 is 0 Å². The maximum absolute atomic E-state index is 11.2. The van der Waals surface area contributed by atoms with Crippen LogP contribution in [0.1, 0.15) is 12.8 Å². The topological polar surface area (TPSA) is 0 Å². The monoisotopic (exact) mass is 117 g/mol. The average Bonchev–Trinajstić information content (AvgIpc) is 1.66. The van der Waals surface area contributed by atoms with E-state index in [1.165, 1.54) is 6.08 Å². The van der Waals surface area contributed by atoms with Crippen molar-refractivity contribution in [3.8, 4) is 0 Å². The van der Waals surface area contributed by atoms with Crippen LogP contribution in [0.15, 0.2) is 18.2 Å². The lowest BCUT2D eigenvalue weighted by Crippen LogP contribution is -1.63. The molecule has 0 aliphatic carbocycles. The molecule has 0 heterocycles. The van der Waals surface area contributed by atoms with Crippen molar-refractivity contribution in [3.05, 3.63) is 24.8 Å². The summed E-state index contributed by atoms with van der Waals surface area (Å²) in [5.74, 6) is 0. The van der Waals surface area contributed by atoms with Crippen molar-refractivity contribution >= 4 is 0 Å². The minimum Gasteiger partial charge on any atom is -0.174 e. The highest BCUT2D eigenvalue weighted by molar-refractivity contribution is 4.82. The quantitative estimate of drug-likeness (QED) is 0.498. The molecule has 0 amide bonds. The van der Waals surface area contributed by atoms with Gasteiger partial charge in [-0.2, -0.15) is 8.78 Å². The summed E-state index contributed by atoms with van der Waals surface area (Å²) in [6.07, 6.45) is 1.42. The SMILES string of the molecule is [CH]=CCCC=C(F)F. The standard InChI is InChI=1S/C6H7F2/c1-2-3-4-5-6(7)8/h1-2,5H,3-4H2. The van der Waals surface area contributed by atoms with Gasteiger partial charge in [0.25, 0.3) is 6.08 Å². The zero-order valence-corrected chi connectivity index (χ0v) is 4.40. The molecule has 45 valence electrons. The molecule has 0 saturated heterocycles. The minimum atomic E-state index is -1.63. The molecule has 0 saturated carbocycles. The van der Waals surface area contributed by atoms with Crippen molar-refractivity contribution in [3.63, 3.8) is 0 Å². The summed E-state index contributed by atoms with van der Waals surface area (Å²) in [4.78, 5) is 0. The Morgan fingerprint density at radius 2 is 2.00 bits per heavy atom. The van der Waals surface area contributed by atoms with Crippen molar-refractivity contribution in [2.75, 3.05) is 0 Å². The Bertz CT molecular complexity index is 90.7. The van der Waals surface area contributed by atoms with Crippen LogP contribution < -0.4 is 0 Å². The van der Waals surface area contributed by atoms with Crippen LogP contribution in [0.3, 0.4) is 0 Å². The molecule has 0 spiro atoms. The van der Waals surface area contributed by atoms with Crippen molar-refractivity contribution in [2.24, 2.45) is 0 Å². The molecule has 0 aromatic carbocycles. The number of allylic oxidation sites excluding steroid dienone is 2. The molecule has 0 aliphatic heterocycles. The van der Waals surface area contributed by atoms with Crippen LogP contribution in [-0.4, -0.2) is 0 Å². The molecule has 0 rings (SSSR count). The molecule has 0 aromatic heterocycles. The predicted molar refractivity (Wildman–Crippen MR) is 28.4 cm³/mol. The maximum Gasteiger partial charge on any atom is 0.266 e. The normalized spacial score (nSPS) is 8.25. The number of rotatable bonds is 3. The third-order valence-corrected chi connectivity index (χ3v) is 0.632. The molecule has 0 aliphatic rings. The predicted octanol–water partition coefficient (Wildman–Crippen LogP) is 2.54. The van der Waals surface area contributed by atoms with Crippen molar-refractivity contribution in [1.29, 1.82) is 0 Å². The fourth-order valence-electron chi connectivity index (χ4n) is 0.289. The summed E-state index contributed by atoms with van der Waals surface area (Å²) in [6.45, 7) is 4.92. The van der Waals surface area contributed by atoms with Gasteiger partial charge in [-0.3, -0.25) is 0 Å². The molecule has 8 heavy (non-hydrogen) atoms. The van der Waals surface area contributed by atoms with Gasteiger partial charge in [-0.1, -0.05) is 12.7 Å². The zero-order chi connectivity index (χ0) is 6.41. The highest BCUT2D eigenvalue weighted by Crippen LogP contribution is 2.00. The zero-order valence-electron chi connectivity index (χ0n) is 4.40. The Kier molecular flexibility index (Phi) is 4.13. The van der Waals surface area contributed by atoms with Gasteiger partial charge in [0.1, 0.15) is 0 Å². The van der Waals surface area contributed by atoms with Gasteiger partial charge in [-0.05, 0) is 18.9 Å². The number of hydrogen-bond donors (Lipinski definition) is 0. The lowest BCUT2D eigenvalue weighted by molar-refractivity contribution is 0.417. The first-order valence-corrected chi connectivity index (χ1v) is 2.32. The second-order valence-electron chi connectivity index (χ2n) is 1.31. The first-order chi connectivity index (χ1) is 3.77. The van der Waals surface area contributed by atoms with Crippen LogP contribution in [0, 0.1) is 6.58 Å². The highest BCUT2D eigenvalue weighted by atomic mass is 19.3. The Balaban J connectivity index is 3.15. The fraction of sp³-hybridized carbons (Fsp3) is 0.333. The van der Waals surface area contributed by atoms with Gasteiger partial charge < -0.3 is 0 Å². The molecule has 0 atom stereocenters. The molecule has 0 N–H and O–H groups in total. The molecule has 2 heteroatoms. The molecule has 1 radical (unpaired) electrons. The van der Waals surface area contributed by atoms with E-state index in [0.29, 0.717) is 12.8 Å². The lowest BCUT2D eigenvalue weighted by Gasteiger charge is -1.80. The fourth-order valence-corrected chi connectivity index (χ4v) is 0.289. The van der Waals surface area contributed by atoms with Gasteiger partial charge in [0.05, 0.1) is 0 Å². The number of hydrogen-bond acceptors (Lipinski definition) is 0. The van der Waals surface area contributed by atoms with Gasteiger partial charge in [-0.15, -0.1) is 0 Å². The summed E-state index contributed by atoms with van der Waals surface area (Å²) in [5, 5.41) is 0. The van der Waals surface area contributed by atoms with Gasteiger partial charge in [-0.25, -0.2) is 0 Å². The molecule has 0 aromatic rings. The van der Waals surface area contributed by atoms with E-state index < -0.39 is 6.08 Å². The summed E-state index contributed by atoms with van der Waals surface area (Å²) in [7, 11) is 0. The molecule has 0 unspecified atom stereocenters. The average molecular weight is 117 g/mol. The smallest absolute Gasteiger partial charge is 0.174 e. The highest BCUT2D eigenvalue weighted by Gasteiger charge is 1.83. The van der Waals surface area contributed by atoms with E-state index in [1.54, 1.807) is 0 Å². The Morgan fingerprint density at radius 3 is 2.38 bits per heavy atom. The van der Waals surface area contributed by atoms with Crippen molar-refractivity contribution < 1.29 is 8.78 Å². The Hall–Kier alpha value is -0.660. The van der Waals surface area contributed by atoms with E-state index in [1.807, 2.05) is 0 Å². The van der Waals surface area contributed by atoms with E-state index in [0.717, 1.165) is 6.08 Å². The molecule has 0 fully saturated rings. The third kappa shape index (κ3) is 5.34. The maximum atomic E-state index is 11.2. The van der Waals surface area contributed by atoms with Crippen LogP contribution >= 0.6 is 0 Å². The molecular weight excluding hydrogens is 110 g/mol.